The number of phosphoric ester groups is 2. The van der Waals surface area contributed by atoms with E-state index in [2.05, 4.69) is 33.8 Å². The molecule has 0 aliphatic carbocycles. The minimum atomic E-state index is -5.56. The molecule has 5 heterocycles. The summed E-state index contributed by atoms with van der Waals surface area (Å²) >= 11 is 0. The Morgan fingerprint density at radius 2 is 1.67 bits per heavy atom. The average Bonchev–Trinajstić information content (AvgIpc) is 3.70. The lowest BCUT2D eigenvalue weighted by Crippen LogP contribution is -2.47. The Bertz CT molecular complexity index is 2380. The molecule has 1 aromatic carbocycles. The third-order valence-corrected chi connectivity index (χ3v) is 11.7. The highest BCUT2D eigenvalue weighted by molar-refractivity contribution is 7.61. The van der Waals surface area contributed by atoms with Crippen molar-refractivity contribution >= 4 is 55.5 Å². The molecule has 25 nitrogen and oxygen atoms in total. The molecule has 4 aromatic rings. The Labute approximate surface area is 320 Å². The van der Waals surface area contributed by atoms with E-state index in [-0.39, 0.29) is 35.0 Å². The molecule has 6 rings (SSSR count). The molecule has 1 saturated heterocycles. The summed E-state index contributed by atoms with van der Waals surface area (Å²) in [6, 6.07) is 3.45. The Morgan fingerprint density at radius 1 is 0.982 bits per heavy atom. The summed E-state index contributed by atoms with van der Waals surface area (Å²) < 4.78 is 45.6. The van der Waals surface area contributed by atoms with Crippen LogP contribution >= 0.6 is 15.6 Å². The highest BCUT2D eigenvalue weighted by Gasteiger charge is 2.46. The monoisotopic (exact) mass is 842 g/mol. The van der Waals surface area contributed by atoms with Crippen molar-refractivity contribution < 1.29 is 62.5 Å². The first-order chi connectivity index (χ1) is 26.8. The van der Waals surface area contributed by atoms with Crippen LogP contribution in [0, 0.1) is 13.8 Å². The number of nitrogens with two attached hydrogens (primary N) is 2. The number of benzene rings is 1. The molecule has 0 saturated carbocycles. The number of nitrogens with one attached hydrogen (secondary N) is 2. The predicted octanol–water partition coefficient (Wildman–Crippen LogP) is -1.88. The van der Waals surface area contributed by atoms with Gasteiger partial charge in [0.2, 0.25) is 0 Å². The van der Waals surface area contributed by atoms with Crippen LogP contribution in [0.2, 0.25) is 0 Å². The van der Waals surface area contributed by atoms with E-state index in [1.54, 1.807) is 25.1 Å². The SMILES string of the molecule is Cc1cc2c(cc1C)N(C[C@H](O)[C@H](O)[C@H](O)COP(=O)(O)OP(=O)(O)OC[C@H]1O[C@@H](n3cnc4c(N)ncnc43)[C@H](O)[C@@H]1O)c1[nH]c(=O)[nH]c(=O)c1N2C=CCN. The number of aryl methyl sites for hydroxylation is 2. The molecule has 1 fully saturated rings. The molecular formula is C30H40N10O15P2. The van der Waals surface area contributed by atoms with Gasteiger partial charge in [-0.05, 0) is 37.1 Å². The predicted molar refractivity (Wildman–Crippen MR) is 197 cm³/mol. The Kier molecular flexibility index (Phi) is 12.2. The number of anilines is 5. The Hall–Kier alpha value is -4.43. The number of β-amino-alcohol motifs (C(OH)–C–C–N with tert-alkyl or cyclic N) is 1. The van der Waals surface area contributed by atoms with Crippen LogP contribution in [-0.2, 0) is 27.2 Å². The van der Waals surface area contributed by atoms with Crippen molar-refractivity contribution in [2.75, 3.05) is 41.8 Å². The van der Waals surface area contributed by atoms with Crippen LogP contribution < -0.4 is 32.5 Å². The first kappa shape index (κ1) is 42.2. The van der Waals surface area contributed by atoms with Gasteiger partial charge in [-0.15, -0.1) is 0 Å². The second kappa shape index (κ2) is 16.4. The molecule has 0 spiro atoms. The van der Waals surface area contributed by atoms with E-state index in [1.165, 1.54) is 26.9 Å². The van der Waals surface area contributed by atoms with Crippen LogP contribution in [0.4, 0.5) is 28.7 Å². The van der Waals surface area contributed by atoms with Gasteiger partial charge in [-0.25, -0.2) is 28.9 Å². The molecule has 2 aliphatic heterocycles. The standard InChI is InChI=1S/C30H40N10O15P2/c1-13-6-15-16(7-14(13)2)39(27-21(38(15)5-3-4-31)28(46)37-30(47)36-27)8-17(41)22(43)18(42)9-52-56(48,49)55-57(50,51)53-10-19-23(44)24(45)29(54-19)40-12-35-20-25(32)33-11-34-26(20)40/h3,5-7,11-12,17-19,22-24,29,41-45H,4,8-10,31H2,1-2H3,(H,48,49)(H,50,51)(H2,32,33,34)(H2,36,37,46,47)/t17-,18+,19+,22-,23+,24+,29+/m0/s1. The van der Waals surface area contributed by atoms with Crippen molar-refractivity contribution in [1.29, 1.82) is 0 Å². The van der Waals surface area contributed by atoms with Crippen LogP contribution in [0.5, 0.6) is 0 Å². The summed E-state index contributed by atoms with van der Waals surface area (Å²) in [4.78, 5) is 65.2. The Balaban J connectivity index is 1.08. The second-order valence-electron chi connectivity index (χ2n) is 13.0. The quantitative estimate of drug-likeness (QED) is 0.0583. The van der Waals surface area contributed by atoms with Gasteiger partial charge in [-0.3, -0.25) is 28.4 Å². The summed E-state index contributed by atoms with van der Waals surface area (Å²) in [7, 11) is -11.1. The highest BCUT2D eigenvalue weighted by Crippen LogP contribution is 2.60. The first-order valence-corrected chi connectivity index (χ1v) is 19.9. The van der Waals surface area contributed by atoms with E-state index in [4.69, 9.17) is 20.7 Å². The molecule has 13 N–H and O–H groups in total. The smallest absolute Gasteiger partial charge is 0.388 e. The lowest BCUT2D eigenvalue weighted by molar-refractivity contribution is -0.0719. The lowest BCUT2D eigenvalue weighted by atomic mass is 10.0. The number of aliphatic hydroxyl groups excluding tert-OH is 5. The van der Waals surface area contributed by atoms with E-state index >= 15 is 0 Å². The summed E-state index contributed by atoms with van der Waals surface area (Å²) in [5.74, 6) is -0.0546. The van der Waals surface area contributed by atoms with Gasteiger partial charge in [-0.2, -0.15) is 4.31 Å². The lowest BCUT2D eigenvalue weighted by Gasteiger charge is -2.39. The number of aliphatic hydroxyl groups is 5. The average molecular weight is 843 g/mol. The molecule has 57 heavy (non-hydrogen) atoms. The number of phosphoric acid groups is 2. The number of aromatic nitrogens is 6. The van der Waals surface area contributed by atoms with E-state index in [1.807, 2.05) is 6.92 Å². The van der Waals surface area contributed by atoms with Crippen molar-refractivity contribution in [3.63, 3.8) is 0 Å². The van der Waals surface area contributed by atoms with E-state index in [0.717, 1.165) is 17.5 Å². The van der Waals surface area contributed by atoms with Crippen LogP contribution in [0.15, 0.2) is 46.7 Å². The van der Waals surface area contributed by atoms with Gasteiger partial charge in [0.1, 0.15) is 54.3 Å². The van der Waals surface area contributed by atoms with E-state index in [0.29, 0.717) is 11.4 Å². The van der Waals surface area contributed by atoms with Crippen LogP contribution in [0.3, 0.4) is 0 Å². The van der Waals surface area contributed by atoms with Gasteiger partial charge in [0, 0.05) is 12.7 Å². The minimum Gasteiger partial charge on any atom is -0.388 e. The molecule has 3 aromatic heterocycles. The molecule has 0 bridgehead atoms. The number of aromatic amines is 2. The molecule has 2 aliphatic rings. The maximum Gasteiger partial charge on any atom is 0.481 e. The summed E-state index contributed by atoms with van der Waals surface area (Å²) in [6.07, 6.45) is -6.88. The van der Waals surface area contributed by atoms with Gasteiger partial charge >= 0.3 is 21.3 Å². The number of fused-ring (bicyclic) bond motifs is 3. The maximum atomic E-state index is 13.1. The fourth-order valence-corrected chi connectivity index (χ4v) is 8.25. The molecule has 0 radical (unpaired) electrons. The first-order valence-electron chi connectivity index (χ1n) is 16.9. The topological polar surface area (TPSA) is 381 Å². The van der Waals surface area contributed by atoms with Gasteiger partial charge in [0.25, 0.3) is 5.56 Å². The van der Waals surface area contributed by atoms with Crippen LogP contribution in [0.25, 0.3) is 11.2 Å². The van der Waals surface area contributed by atoms with Crippen molar-refractivity contribution in [3.8, 4) is 0 Å². The normalized spacial score (nSPS) is 23.3. The van der Waals surface area contributed by atoms with E-state index < -0.39 is 89.5 Å². The molecule has 9 atom stereocenters. The molecule has 310 valence electrons. The number of hydrogen-bond donors (Lipinski definition) is 11. The fraction of sp³-hybridized carbons (Fsp3) is 0.433. The highest BCUT2D eigenvalue weighted by atomic mass is 31.3. The van der Waals surface area contributed by atoms with Gasteiger partial charge < -0.3 is 61.3 Å². The number of nitrogens with zero attached hydrogens (tertiary/aromatic N) is 6. The van der Waals surface area contributed by atoms with Gasteiger partial charge in [0.15, 0.2) is 23.4 Å². The number of ether oxygens (including phenoxy) is 1. The number of imidazole rings is 1. The summed E-state index contributed by atoms with van der Waals surface area (Å²) in [5, 5.41) is 53.6. The summed E-state index contributed by atoms with van der Waals surface area (Å²) in [6.45, 7) is 0.971. The second-order valence-corrected chi connectivity index (χ2v) is 16.0. The zero-order valence-corrected chi connectivity index (χ0v) is 31.8. The number of rotatable bonds is 15. The molecule has 27 heteroatoms. The zero-order valence-electron chi connectivity index (χ0n) is 30.0. The van der Waals surface area contributed by atoms with Crippen molar-refractivity contribution in [1.82, 2.24) is 29.5 Å². The number of nitrogen functional groups attached to an aromatic ring is 1. The minimum absolute atomic E-state index is 0.0281. The molecular weight excluding hydrogens is 802 g/mol. The number of hydrogen-bond acceptors (Lipinski definition) is 20. The maximum absolute atomic E-state index is 13.1. The molecule has 2 unspecified atom stereocenters. The number of H-pyrrole nitrogens is 2. The fourth-order valence-electron chi connectivity index (χ4n) is 6.15. The third kappa shape index (κ3) is 8.72. The zero-order chi connectivity index (χ0) is 41.6. The van der Waals surface area contributed by atoms with Gasteiger partial charge in [0.05, 0.1) is 37.5 Å². The van der Waals surface area contributed by atoms with Crippen LogP contribution in [0.1, 0.15) is 17.4 Å². The Morgan fingerprint density at radius 3 is 2.37 bits per heavy atom. The largest absolute Gasteiger partial charge is 0.481 e. The van der Waals surface area contributed by atoms with Crippen molar-refractivity contribution in [3.05, 3.63) is 69.0 Å². The summed E-state index contributed by atoms with van der Waals surface area (Å²) in [5.41, 5.74) is 12.4. The van der Waals surface area contributed by atoms with Crippen molar-refractivity contribution in [2.24, 2.45) is 5.73 Å². The third-order valence-electron chi connectivity index (χ3n) is 9.11. The van der Waals surface area contributed by atoms with E-state index in [9.17, 15) is 54.0 Å². The molecule has 0 amide bonds. The van der Waals surface area contributed by atoms with Crippen LogP contribution in [-0.4, -0.2) is 128 Å². The van der Waals surface area contributed by atoms with Crippen molar-refractivity contribution in [2.45, 2.75) is 56.7 Å². The van der Waals surface area contributed by atoms with Gasteiger partial charge in [-0.1, -0.05) is 6.08 Å².